The Balaban J connectivity index is 3.23. The second kappa shape index (κ2) is 10.4. The zero-order valence-corrected chi connectivity index (χ0v) is 22.3. The van der Waals surface area contributed by atoms with Gasteiger partial charge in [-0.2, -0.15) is 0 Å². The molecule has 7 heteroatoms. The Morgan fingerprint density at radius 2 is 1.97 bits per heavy atom. The fourth-order valence-corrected chi connectivity index (χ4v) is 4.78. The average Bonchev–Trinajstić information content (AvgIpc) is 2.59. The van der Waals surface area contributed by atoms with E-state index < -0.39 is 26.1 Å². The van der Waals surface area contributed by atoms with Gasteiger partial charge in [0.05, 0.1) is 18.1 Å². The minimum atomic E-state index is -2.11. The summed E-state index contributed by atoms with van der Waals surface area (Å²) in [6.45, 7) is 16.3. The lowest BCUT2D eigenvalue weighted by Crippen LogP contribution is -2.46. The van der Waals surface area contributed by atoms with E-state index in [0.29, 0.717) is 12.8 Å². The lowest BCUT2D eigenvalue weighted by Gasteiger charge is -2.40. The van der Waals surface area contributed by atoms with Crippen LogP contribution in [0.1, 0.15) is 60.8 Å². The summed E-state index contributed by atoms with van der Waals surface area (Å²) in [6, 6.07) is 0. The number of esters is 1. The predicted molar refractivity (Wildman–Crippen MR) is 129 cm³/mol. The van der Waals surface area contributed by atoms with Gasteiger partial charge >= 0.3 is 5.97 Å². The molecule has 0 unspecified atom stereocenters. The van der Waals surface area contributed by atoms with Crippen molar-refractivity contribution in [3.8, 4) is 0 Å². The van der Waals surface area contributed by atoms with Crippen LogP contribution < -0.4 is 0 Å². The Morgan fingerprint density at radius 3 is 2.48 bits per heavy atom. The monoisotopic (exact) mass is 538 g/mol. The van der Waals surface area contributed by atoms with Gasteiger partial charge < -0.3 is 19.4 Å². The van der Waals surface area contributed by atoms with E-state index in [4.69, 9.17) is 9.16 Å². The van der Waals surface area contributed by atoms with Crippen molar-refractivity contribution in [3.05, 3.63) is 21.8 Å². The highest BCUT2D eigenvalue weighted by Gasteiger charge is 2.41. The van der Waals surface area contributed by atoms with E-state index in [1.54, 1.807) is 13.0 Å². The van der Waals surface area contributed by atoms with Crippen LogP contribution in [0.3, 0.4) is 0 Å². The van der Waals surface area contributed by atoms with Gasteiger partial charge in [-0.25, -0.2) is 0 Å². The first kappa shape index (κ1) is 26.8. The minimum Gasteiger partial charge on any atom is -0.457 e. The van der Waals surface area contributed by atoms with Crippen LogP contribution in [-0.4, -0.2) is 48.4 Å². The highest BCUT2D eigenvalue weighted by molar-refractivity contribution is 14.1. The summed E-state index contributed by atoms with van der Waals surface area (Å²) < 4.78 is 14.2. The maximum absolute atomic E-state index is 12.8. The number of ether oxygens (including phenoxy) is 1. The Bertz CT molecular complexity index is 621. The van der Waals surface area contributed by atoms with E-state index in [2.05, 4.69) is 56.5 Å². The largest absolute Gasteiger partial charge is 0.457 e. The van der Waals surface area contributed by atoms with Crippen molar-refractivity contribution in [1.82, 2.24) is 0 Å². The second-order valence-electron chi connectivity index (χ2n) is 10.1. The van der Waals surface area contributed by atoms with Crippen molar-refractivity contribution < 1.29 is 24.2 Å². The molecule has 5 atom stereocenters. The van der Waals surface area contributed by atoms with Gasteiger partial charge in [-0.05, 0) is 54.5 Å². The molecule has 0 aromatic heterocycles. The first-order valence-electron chi connectivity index (χ1n) is 10.3. The fourth-order valence-electron chi connectivity index (χ4n) is 3.04. The van der Waals surface area contributed by atoms with E-state index in [1.807, 2.05) is 24.0 Å². The van der Waals surface area contributed by atoms with Crippen LogP contribution in [0.2, 0.25) is 18.1 Å². The lowest BCUT2D eigenvalue weighted by atomic mass is 9.89. The first-order valence-corrected chi connectivity index (χ1v) is 14.5. The van der Waals surface area contributed by atoms with Gasteiger partial charge in [0.1, 0.15) is 12.2 Å². The van der Waals surface area contributed by atoms with Gasteiger partial charge in [-0.3, -0.25) is 4.79 Å². The van der Waals surface area contributed by atoms with Gasteiger partial charge in [-0.15, -0.1) is 0 Å². The predicted octanol–water partition coefficient (Wildman–Crippen LogP) is 5.12. The van der Waals surface area contributed by atoms with E-state index in [-0.39, 0.29) is 29.5 Å². The summed E-state index contributed by atoms with van der Waals surface area (Å²) in [5.41, 5.74) is -0.353. The third kappa shape index (κ3) is 7.76. The molecule has 0 saturated carbocycles. The summed E-state index contributed by atoms with van der Waals surface area (Å²) in [7, 11) is -2.11. The summed E-state index contributed by atoms with van der Waals surface area (Å²) in [5, 5.41) is 21.3. The molecule has 0 aromatic carbocycles. The fraction of sp³-hybridized carbons (Fsp3) is 0.773. The van der Waals surface area contributed by atoms with E-state index in [1.165, 1.54) is 0 Å². The third-order valence-electron chi connectivity index (χ3n) is 6.23. The number of carbonyl (C=O) groups excluding carboxylic acids is 1. The molecule has 0 aromatic rings. The Kier molecular flexibility index (Phi) is 9.61. The van der Waals surface area contributed by atoms with E-state index in [0.717, 1.165) is 5.57 Å². The second-order valence-corrected chi connectivity index (χ2v) is 15.4. The number of aliphatic hydroxyl groups excluding tert-OH is 1. The molecule has 2 N–H and O–H groups in total. The molecule has 0 spiro atoms. The molecule has 29 heavy (non-hydrogen) atoms. The highest BCUT2D eigenvalue weighted by Crippen LogP contribution is 2.38. The zero-order chi connectivity index (χ0) is 22.6. The van der Waals surface area contributed by atoms with Crippen molar-refractivity contribution in [2.75, 3.05) is 0 Å². The number of hydrogen-bond donors (Lipinski definition) is 2. The van der Waals surface area contributed by atoms with Crippen molar-refractivity contribution >= 4 is 36.9 Å². The third-order valence-corrected chi connectivity index (χ3v) is 11.7. The van der Waals surface area contributed by atoms with Crippen LogP contribution in [0.15, 0.2) is 21.8 Å². The van der Waals surface area contributed by atoms with Crippen LogP contribution in [0.4, 0.5) is 0 Å². The Morgan fingerprint density at radius 1 is 1.38 bits per heavy atom. The molecule has 1 aliphatic rings. The SMILES string of the molecule is C/C(=C\I)[C@H]1OC(=O)C[C@H](O[Si](C)(C)C(C)(C)C)CC[C@@](C)(O)[C@@H](O)/C=C\[C@@H]1C. The van der Waals surface area contributed by atoms with Gasteiger partial charge in [0.25, 0.3) is 0 Å². The van der Waals surface area contributed by atoms with Crippen molar-refractivity contribution in [2.24, 2.45) is 5.92 Å². The lowest BCUT2D eigenvalue weighted by molar-refractivity contribution is -0.151. The molecule has 1 aliphatic heterocycles. The van der Waals surface area contributed by atoms with Crippen LogP contribution in [0.25, 0.3) is 0 Å². The van der Waals surface area contributed by atoms with Crippen molar-refractivity contribution in [1.29, 1.82) is 0 Å². The number of cyclic esters (lactones) is 1. The van der Waals surface area contributed by atoms with Gasteiger partial charge in [0.2, 0.25) is 0 Å². The maximum atomic E-state index is 12.8. The molecule has 168 valence electrons. The highest BCUT2D eigenvalue weighted by atomic mass is 127. The topological polar surface area (TPSA) is 76.0 Å². The van der Waals surface area contributed by atoms with Gasteiger partial charge in [-0.1, -0.05) is 62.4 Å². The minimum absolute atomic E-state index is 0.00292. The summed E-state index contributed by atoms with van der Waals surface area (Å²) >= 11 is 2.14. The molecular weight excluding hydrogens is 499 g/mol. The number of hydrogen-bond acceptors (Lipinski definition) is 5. The molecule has 0 saturated heterocycles. The summed E-state index contributed by atoms with van der Waals surface area (Å²) in [6.07, 6.45) is 2.59. The van der Waals surface area contributed by atoms with Crippen molar-refractivity contribution in [2.45, 2.75) is 103 Å². The molecule has 1 rings (SSSR count). The van der Waals surface area contributed by atoms with Gasteiger partial charge in [0.15, 0.2) is 8.32 Å². The summed E-state index contributed by atoms with van der Waals surface area (Å²) in [4.78, 5) is 12.8. The number of carbonyl (C=O) groups is 1. The number of halogens is 1. The normalized spacial score (nSPS) is 34.7. The number of rotatable bonds is 3. The van der Waals surface area contributed by atoms with Crippen LogP contribution in [0, 0.1) is 5.92 Å². The van der Waals surface area contributed by atoms with Gasteiger partial charge in [0, 0.05) is 5.92 Å². The number of aliphatic hydroxyl groups is 2. The van der Waals surface area contributed by atoms with E-state index in [9.17, 15) is 15.0 Å². The van der Waals surface area contributed by atoms with Crippen LogP contribution in [-0.2, 0) is 14.0 Å². The Hall–Kier alpha value is -0.223. The maximum Gasteiger partial charge on any atom is 0.308 e. The van der Waals surface area contributed by atoms with Crippen LogP contribution >= 0.6 is 22.6 Å². The molecular formula is C22H39IO5Si. The van der Waals surface area contributed by atoms with Crippen molar-refractivity contribution in [3.63, 3.8) is 0 Å². The zero-order valence-electron chi connectivity index (χ0n) is 19.2. The molecule has 5 nitrogen and oxygen atoms in total. The average molecular weight is 539 g/mol. The molecule has 0 fully saturated rings. The van der Waals surface area contributed by atoms with Crippen LogP contribution in [0.5, 0.6) is 0 Å². The Labute approximate surface area is 191 Å². The molecule has 0 bridgehead atoms. The molecule has 1 heterocycles. The summed E-state index contributed by atoms with van der Waals surface area (Å²) in [5.74, 6) is -0.424. The molecule has 0 radical (unpaired) electrons. The molecule has 0 amide bonds. The first-order chi connectivity index (χ1) is 13.1. The molecule has 0 aliphatic carbocycles. The smallest absolute Gasteiger partial charge is 0.308 e. The standard InChI is InChI=1S/C22H39IO5Si/c1-15-9-10-18(24)22(6,26)12-11-17(28-29(7,8)21(3,4)5)13-19(25)27-20(15)16(2)14-23/h9-10,14-15,17-18,20,24,26H,11-13H2,1-8H3/b10-9-,16-14+/t15-,17+,18-,20-,22+/m0/s1. The van der Waals surface area contributed by atoms with E-state index >= 15 is 0 Å². The quantitative estimate of drug-likeness (QED) is 0.226.